The van der Waals surface area contributed by atoms with Crippen LogP contribution in [0.3, 0.4) is 0 Å². The lowest BCUT2D eigenvalue weighted by atomic mass is 10.1. The Morgan fingerprint density at radius 1 is 1.27 bits per heavy atom. The topological polar surface area (TPSA) is 190 Å². The van der Waals surface area contributed by atoms with Crippen molar-refractivity contribution in [3.8, 4) is 6.07 Å². The van der Waals surface area contributed by atoms with Crippen LogP contribution in [0.5, 0.6) is 0 Å². The Morgan fingerprint density at radius 3 is 2.20 bits per heavy atom. The van der Waals surface area contributed by atoms with Gasteiger partial charge in [-0.3, -0.25) is 30.3 Å². The van der Waals surface area contributed by atoms with Gasteiger partial charge in [0.25, 0.3) is 0 Å². The van der Waals surface area contributed by atoms with E-state index in [1.54, 1.807) is 5.32 Å². The molecule has 13 nitrogen and oxygen atoms in total. The molecule has 16 heteroatoms. The summed E-state index contributed by atoms with van der Waals surface area (Å²) in [5, 5.41) is 39.2. The number of hydrogen-bond acceptors (Lipinski definition) is 10. The van der Waals surface area contributed by atoms with Crippen molar-refractivity contribution in [2.45, 2.75) is 13.1 Å². The van der Waals surface area contributed by atoms with E-state index in [2.05, 4.69) is 15.0 Å². The molecule has 2 amide bonds. The summed E-state index contributed by atoms with van der Waals surface area (Å²) in [6.07, 6.45) is -6.27. The molecule has 1 aromatic carbocycles. The molecule has 1 N–H and O–H groups in total. The molecule has 1 atom stereocenters. The number of rotatable bonds is 7. The summed E-state index contributed by atoms with van der Waals surface area (Å²) in [5.41, 5.74) is -5.47. The van der Waals surface area contributed by atoms with Gasteiger partial charge in [-0.25, -0.2) is 4.79 Å². The van der Waals surface area contributed by atoms with E-state index >= 15 is 0 Å². The minimum atomic E-state index is -5.11. The quantitative estimate of drug-likeness (QED) is 0.386. The van der Waals surface area contributed by atoms with Gasteiger partial charge in [-0.2, -0.15) is 23.5 Å². The zero-order valence-corrected chi connectivity index (χ0v) is 14.9. The number of imide groups is 1. The maximum absolute atomic E-state index is 12.8. The number of ether oxygens (including phenoxy) is 1. The van der Waals surface area contributed by atoms with Crippen LogP contribution in [0.1, 0.15) is 12.5 Å². The van der Waals surface area contributed by atoms with Gasteiger partial charge in [-0.15, -0.1) is 5.11 Å². The highest BCUT2D eigenvalue weighted by Gasteiger charge is 2.38. The number of nitro benzene ring substituents is 2. The molecule has 0 saturated carbocycles. The van der Waals surface area contributed by atoms with Gasteiger partial charge in [0.15, 0.2) is 0 Å². The number of nitrogens with one attached hydrogen (secondary N) is 1. The van der Waals surface area contributed by atoms with Crippen LogP contribution >= 0.6 is 0 Å². The Morgan fingerprint density at radius 2 is 1.80 bits per heavy atom. The van der Waals surface area contributed by atoms with Crippen LogP contribution in [0.15, 0.2) is 22.4 Å². The van der Waals surface area contributed by atoms with Crippen molar-refractivity contribution in [3.05, 3.63) is 37.9 Å². The molecule has 0 heterocycles. The van der Waals surface area contributed by atoms with Gasteiger partial charge in [-0.1, -0.05) is 0 Å². The number of nitro groups is 2. The highest BCUT2D eigenvalue weighted by atomic mass is 19.4. The predicted octanol–water partition coefficient (Wildman–Crippen LogP) is 3.02. The standard InChI is InChI=1S/C14H11F3N6O7/c1-2-30-13(25)20-12(24)7(5-18)6-19-21-11-9(22(26)27)3-8(14(15,16)17)4-10(11)23(28)29/h3-4,7H,2,6H2,1H3,(H,20,24,25). The molecule has 0 aliphatic carbocycles. The SMILES string of the molecule is CCOC(=O)NC(=O)C(C#N)CN=Nc1c([N+](=O)[O-])cc(C(F)(F)F)cc1[N+](=O)[O-]. The molecule has 0 radical (unpaired) electrons. The first-order valence-corrected chi connectivity index (χ1v) is 7.71. The molecule has 0 bridgehead atoms. The summed E-state index contributed by atoms with van der Waals surface area (Å²) in [6.45, 7) is 0.568. The Labute approximate surface area is 164 Å². The van der Waals surface area contributed by atoms with Crippen molar-refractivity contribution < 1.29 is 37.3 Å². The third kappa shape index (κ3) is 6.19. The third-order valence-corrected chi connectivity index (χ3v) is 3.20. The zero-order chi connectivity index (χ0) is 23.1. The van der Waals surface area contributed by atoms with Crippen LogP contribution in [0.4, 0.5) is 35.0 Å². The van der Waals surface area contributed by atoms with E-state index in [0.29, 0.717) is 0 Å². The van der Waals surface area contributed by atoms with Crippen molar-refractivity contribution in [1.29, 1.82) is 5.26 Å². The van der Waals surface area contributed by atoms with Gasteiger partial charge < -0.3 is 4.74 Å². The number of nitriles is 1. The molecular formula is C14H11F3N6O7. The van der Waals surface area contributed by atoms with E-state index in [1.165, 1.54) is 13.0 Å². The number of nitrogens with zero attached hydrogens (tertiary/aromatic N) is 5. The Balaban J connectivity index is 3.25. The van der Waals surface area contributed by atoms with Crippen molar-refractivity contribution in [2.24, 2.45) is 16.1 Å². The lowest BCUT2D eigenvalue weighted by Gasteiger charge is -2.08. The van der Waals surface area contributed by atoms with Crippen LogP contribution in [-0.2, 0) is 15.7 Å². The Bertz CT molecular complexity index is 906. The lowest BCUT2D eigenvalue weighted by molar-refractivity contribution is -0.393. The second-order valence-corrected chi connectivity index (χ2v) is 5.19. The third-order valence-electron chi connectivity index (χ3n) is 3.20. The fourth-order valence-electron chi connectivity index (χ4n) is 1.88. The average Bonchev–Trinajstić information content (AvgIpc) is 2.63. The molecule has 30 heavy (non-hydrogen) atoms. The molecule has 1 aromatic rings. The van der Waals surface area contributed by atoms with Gasteiger partial charge >= 0.3 is 23.6 Å². The summed E-state index contributed by atoms with van der Waals surface area (Å²) < 4.78 is 42.9. The number of amides is 2. The van der Waals surface area contributed by atoms with Gasteiger partial charge in [0.2, 0.25) is 11.6 Å². The number of alkyl halides is 3. The molecule has 0 spiro atoms. The van der Waals surface area contributed by atoms with Crippen LogP contribution in [0.25, 0.3) is 0 Å². The summed E-state index contributed by atoms with van der Waals surface area (Å²) in [7, 11) is 0. The minimum Gasteiger partial charge on any atom is -0.450 e. The van der Waals surface area contributed by atoms with Crippen LogP contribution in [0.2, 0.25) is 0 Å². The number of hydrogen-bond donors (Lipinski definition) is 1. The van der Waals surface area contributed by atoms with Crippen molar-refractivity contribution in [3.63, 3.8) is 0 Å². The van der Waals surface area contributed by atoms with E-state index in [4.69, 9.17) is 5.26 Å². The van der Waals surface area contributed by atoms with Crippen molar-refractivity contribution >= 4 is 29.1 Å². The smallest absolute Gasteiger partial charge is 0.416 e. The fraction of sp³-hybridized carbons (Fsp3) is 0.357. The molecular weight excluding hydrogens is 421 g/mol. The molecule has 0 aliphatic rings. The molecule has 1 unspecified atom stereocenters. The fourth-order valence-corrected chi connectivity index (χ4v) is 1.88. The van der Waals surface area contributed by atoms with Gasteiger partial charge in [0, 0.05) is 12.1 Å². The highest BCUT2D eigenvalue weighted by Crippen LogP contribution is 2.42. The molecule has 1 rings (SSSR count). The second-order valence-electron chi connectivity index (χ2n) is 5.19. The number of carbonyl (C=O) groups is 2. The number of carbonyl (C=O) groups excluding carboxylic acids is 2. The average molecular weight is 432 g/mol. The maximum atomic E-state index is 12.8. The Hall–Kier alpha value is -4.16. The molecule has 160 valence electrons. The van der Waals surface area contributed by atoms with E-state index in [0.717, 1.165) is 0 Å². The molecule has 0 aliphatic heterocycles. The normalized spacial score (nSPS) is 12.1. The van der Waals surface area contributed by atoms with E-state index in [1.807, 2.05) is 0 Å². The van der Waals surface area contributed by atoms with Gasteiger partial charge in [0.05, 0.1) is 34.6 Å². The highest BCUT2D eigenvalue weighted by molar-refractivity contribution is 5.94. The second kappa shape index (κ2) is 9.86. The largest absolute Gasteiger partial charge is 0.450 e. The van der Waals surface area contributed by atoms with Crippen LogP contribution in [-0.4, -0.2) is 35.0 Å². The first-order chi connectivity index (χ1) is 13.9. The van der Waals surface area contributed by atoms with Gasteiger partial charge in [0.1, 0.15) is 5.92 Å². The lowest BCUT2D eigenvalue weighted by Crippen LogP contribution is -2.36. The van der Waals surface area contributed by atoms with Crippen molar-refractivity contribution in [2.75, 3.05) is 13.2 Å². The number of halogens is 3. The molecule has 0 fully saturated rings. The number of azo groups is 1. The summed E-state index contributed by atoms with van der Waals surface area (Å²) in [4.78, 5) is 42.4. The van der Waals surface area contributed by atoms with E-state index < -0.39 is 63.1 Å². The predicted molar refractivity (Wildman–Crippen MR) is 88.4 cm³/mol. The van der Waals surface area contributed by atoms with Gasteiger partial charge in [-0.05, 0) is 6.92 Å². The monoisotopic (exact) mass is 432 g/mol. The molecule has 0 saturated heterocycles. The molecule has 0 aromatic heterocycles. The first-order valence-electron chi connectivity index (χ1n) is 7.71. The van der Waals surface area contributed by atoms with E-state index in [9.17, 15) is 43.0 Å². The van der Waals surface area contributed by atoms with Crippen LogP contribution in [0, 0.1) is 37.5 Å². The van der Waals surface area contributed by atoms with Crippen molar-refractivity contribution in [1.82, 2.24) is 5.32 Å². The first kappa shape index (κ1) is 23.9. The maximum Gasteiger partial charge on any atom is 0.416 e. The number of alkyl carbamates (subject to hydrolysis) is 1. The minimum absolute atomic E-state index is 0.0383. The summed E-state index contributed by atoms with van der Waals surface area (Å²) in [6, 6.07) is 1.53. The van der Waals surface area contributed by atoms with E-state index in [-0.39, 0.29) is 18.7 Å². The zero-order valence-electron chi connectivity index (χ0n) is 14.9. The van der Waals surface area contributed by atoms with Crippen LogP contribution < -0.4 is 5.32 Å². The Kier molecular flexibility index (Phi) is 7.85. The number of benzene rings is 1. The summed E-state index contributed by atoms with van der Waals surface area (Å²) in [5.74, 6) is -2.81. The summed E-state index contributed by atoms with van der Waals surface area (Å²) >= 11 is 0.